The second kappa shape index (κ2) is 7.28. The second-order valence-electron chi connectivity index (χ2n) is 6.92. The summed E-state index contributed by atoms with van der Waals surface area (Å²) in [6.45, 7) is 0. The molecule has 1 heterocycles. The van der Waals surface area contributed by atoms with Crippen molar-refractivity contribution < 1.29 is 14.4 Å². The van der Waals surface area contributed by atoms with Crippen LogP contribution in [0.1, 0.15) is 15.9 Å². The summed E-state index contributed by atoms with van der Waals surface area (Å²) in [6, 6.07) is 26.3. The normalized spacial score (nSPS) is 15.5. The number of carbonyl (C=O) groups is 3. The molecule has 4 nitrogen and oxygen atoms in total. The number of imide groups is 3. The van der Waals surface area contributed by atoms with Gasteiger partial charge >= 0.3 is 5.24 Å². The molecule has 0 N–H and O–H groups in total. The third-order valence-electron chi connectivity index (χ3n) is 5.11. The maximum absolute atomic E-state index is 13.0. The van der Waals surface area contributed by atoms with E-state index < -0.39 is 17.1 Å². The number of amides is 3. The number of hydrogen-bond acceptors (Lipinski definition) is 4. The molecule has 0 atom stereocenters. The Hall–Kier alpha value is -3.70. The fourth-order valence-electron chi connectivity index (χ4n) is 3.69. The number of rotatable bonds is 2. The zero-order valence-electron chi connectivity index (χ0n) is 15.7. The molecule has 1 saturated heterocycles. The van der Waals surface area contributed by atoms with Crippen molar-refractivity contribution in [1.82, 2.24) is 4.90 Å². The van der Waals surface area contributed by atoms with Gasteiger partial charge in [-0.3, -0.25) is 14.4 Å². The minimum Gasteiger partial charge on any atom is -0.268 e. The molecule has 5 rings (SSSR count). The molecule has 0 bridgehead atoms. The molecule has 144 valence electrons. The van der Waals surface area contributed by atoms with E-state index >= 15 is 0 Å². The van der Waals surface area contributed by atoms with Gasteiger partial charge < -0.3 is 0 Å². The van der Waals surface area contributed by atoms with Crippen LogP contribution in [-0.4, -0.2) is 22.0 Å². The van der Waals surface area contributed by atoms with Crippen molar-refractivity contribution in [2.24, 2.45) is 0 Å². The van der Waals surface area contributed by atoms with Crippen LogP contribution in [0.2, 0.25) is 0 Å². The van der Waals surface area contributed by atoms with Gasteiger partial charge in [-0.05, 0) is 63.1 Å². The second-order valence-corrected chi connectivity index (χ2v) is 7.91. The molecule has 0 unspecified atom stereocenters. The highest BCUT2D eigenvalue weighted by Gasteiger charge is 2.40. The van der Waals surface area contributed by atoms with Gasteiger partial charge in [0.15, 0.2) is 0 Å². The Labute approximate surface area is 176 Å². The van der Waals surface area contributed by atoms with Gasteiger partial charge in [0.05, 0.1) is 4.91 Å². The summed E-state index contributed by atoms with van der Waals surface area (Å²) < 4.78 is 0. The van der Waals surface area contributed by atoms with Crippen LogP contribution in [0.4, 0.5) is 4.79 Å². The average Bonchev–Trinajstić information content (AvgIpc) is 3.06. The number of fused-ring (bicyclic) bond motifs is 2. The predicted molar refractivity (Wildman–Crippen MR) is 120 cm³/mol. The van der Waals surface area contributed by atoms with Crippen LogP contribution in [0, 0.1) is 0 Å². The largest absolute Gasteiger partial charge is 0.300 e. The Balaban J connectivity index is 1.64. The summed E-state index contributed by atoms with van der Waals surface area (Å²) in [5.41, 5.74) is 1.16. The Kier molecular flexibility index (Phi) is 4.45. The lowest BCUT2D eigenvalue weighted by atomic mass is 9.96. The first kappa shape index (κ1) is 18.3. The molecule has 0 saturated carbocycles. The van der Waals surface area contributed by atoms with Gasteiger partial charge in [-0.1, -0.05) is 66.7 Å². The Morgan fingerprint density at radius 2 is 1.33 bits per heavy atom. The van der Waals surface area contributed by atoms with E-state index in [4.69, 9.17) is 0 Å². The highest BCUT2D eigenvalue weighted by molar-refractivity contribution is 8.18. The lowest BCUT2D eigenvalue weighted by Gasteiger charge is -2.11. The van der Waals surface area contributed by atoms with E-state index in [1.165, 1.54) is 0 Å². The SMILES string of the molecule is O=C1S/C(=C/c2c3ccccc3cc3ccccc23)C(=O)N1C(=O)c1ccccc1. The van der Waals surface area contributed by atoms with Gasteiger partial charge in [0.2, 0.25) is 0 Å². The van der Waals surface area contributed by atoms with Crippen molar-refractivity contribution in [3.05, 3.63) is 101 Å². The minimum absolute atomic E-state index is 0.241. The van der Waals surface area contributed by atoms with E-state index in [1.807, 2.05) is 48.5 Å². The van der Waals surface area contributed by atoms with Crippen LogP contribution < -0.4 is 0 Å². The number of carbonyl (C=O) groups excluding carboxylic acids is 3. The lowest BCUT2D eigenvalue weighted by molar-refractivity contribution is -0.120. The third kappa shape index (κ3) is 3.00. The first-order valence-electron chi connectivity index (χ1n) is 9.41. The van der Waals surface area contributed by atoms with E-state index in [-0.39, 0.29) is 4.91 Å². The average molecular weight is 409 g/mol. The maximum Gasteiger partial charge on any atom is 0.300 e. The van der Waals surface area contributed by atoms with Crippen LogP contribution in [0.25, 0.3) is 27.6 Å². The van der Waals surface area contributed by atoms with Crippen molar-refractivity contribution in [3.63, 3.8) is 0 Å². The molecule has 1 fully saturated rings. The van der Waals surface area contributed by atoms with E-state index in [2.05, 4.69) is 6.07 Å². The van der Waals surface area contributed by atoms with Gasteiger partial charge in [0.1, 0.15) is 0 Å². The van der Waals surface area contributed by atoms with E-state index in [9.17, 15) is 14.4 Å². The van der Waals surface area contributed by atoms with Gasteiger partial charge in [0.25, 0.3) is 11.8 Å². The fourth-order valence-corrected chi connectivity index (χ4v) is 4.49. The number of thioether (sulfide) groups is 1. The molecular weight excluding hydrogens is 394 g/mol. The van der Waals surface area contributed by atoms with Gasteiger partial charge in [-0.25, -0.2) is 4.90 Å². The molecule has 0 spiro atoms. The van der Waals surface area contributed by atoms with Gasteiger partial charge in [-0.2, -0.15) is 0 Å². The summed E-state index contributed by atoms with van der Waals surface area (Å²) in [5.74, 6) is -1.19. The third-order valence-corrected chi connectivity index (χ3v) is 5.98. The molecular formula is C25H15NO3S. The zero-order valence-corrected chi connectivity index (χ0v) is 16.6. The maximum atomic E-state index is 13.0. The van der Waals surface area contributed by atoms with Gasteiger partial charge in [-0.15, -0.1) is 0 Å². The zero-order chi connectivity index (χ0) is 20.7. The number of benzene rings is 4. The van der Waals surface area contributed by atoms with E-state index in [0.717, 1.165) is 43.8 Å². The first-order valence-corrected chi connectivity index (χ1v) is 10.2. The van der Waals surface area contributed by atoms with E-state index in [1.54, 1.807) is 36.4 Å². The topological polar surface area (TPSA) is 54.5 Å². The summed E-state index contributed by atoms with van der Waals surface area (Å²) >= 11 is 0.794. The van der Waals surface area contributed by atoms with Crippen molar-refractivity contribution >= 4 is 56.4 Å². The molecule has 5 heteroatoms. The van der Waals surface area contributed by atoms with Crippen molar-refractivity contribution in [2.75, 3.05) is 0 Å². The molecule has 30 heavy (non-hydrogen) atoms. The smallest absolute Gasteiger partial charge is 0.268 e. The van der Waals surface area contributed by atoms with Crippen LogP contribution in [0.5, 0.6) is 0 Å². The lowest BCUT2D eigenvalue weighted by Crippen LogP contribution is -2.34. The van der Waals surface area contributed by atoms with Crippen LogP contribution >= 0.6 is 11.8 Å². The van der Waals surface area contributed by atoms with Crippen LogP contribution in [0.3, 0.4) is 0 Å². The Bertz CT molecular complexity index is 1320. The summed E-state index contributed by atoms with van der Waals surface area (Å²) in [7, 11) is 0. The molecule has 4 aromatic rings. The molecule has 3 amide bonds. The van der Waals surface area contributed by atoms with Crippen molar-refractivity contribution in [1.29, 1.82) is 0 Å². The summed E-state index contributed by atoms with van der Waals surface area (Å²) in [4.78, 5) is 39.2. The first-order chi connectivity index (χ1) is 14.6. The minimum atomic E-state index is -0.607. The molecule has 0 aromatic heterocycles. The Morgan fingerprint density at radius 3 is 1.97 bits per heavy atom. The van der Waals surface area contributed by atoms with Gasteiger partial charge in [0, 0.05) is 5.56 Å². The van der Waals surface area contributed by atoms with Crippen LogP contribution in [-0.2, 0) is 4.79 Å². The van der Waals surface area contributed by atoms with Crippen LogP contribution in [0.15, 0.2) is 89.8 Å². The quantitative estimate of drug-likeness (QED) is 0.236. The summed E-state index contributed by atoms with van der Waals surface area (Å²) in [5, 5.41) is 3.48. The highest BCUT2D eigenvalue weighted by Crippen LogP contribution is 2.37. The molecule has 0 radical (unpaired) electrons. The fraction of sp³-hybridized carbons (Fsp3) is 0. The Morgan fingerprint density at radius 1 is 0.767 bits per heavy atom. The standard InChI is InChI=1S/C25H15NO3S/c27-23(16-8-2-1-3-9-16)26-24(28)22(30-25(26)29)15-21-19-12-6-4-10-17(19)14-18-11-5-7-13-20(18)21/h1-15H/b22-15+. The van der Waals surface area contributed by atoms with Crippen molar-refractivity contribution in [2.45, 2.75) is 0 Å². The molecule has 0 aliphatic carbocycles. The highest BCUT2D eigenvalue weighted by atomic mass is 32.2. The van der Waals surface area contributed by atoms with Crippen molar-refractivity contribution in [3.8, 4) is 0 Å². The molecule has 1 aliphatic rings. The number of hydrogen-bond donors (Lipinski definition) is 0. The molecule has 4 aromatic carbocycles. The van der Waals surface area contributed by atoms with E-state index in [0.29, 0.717) is 5.56 Å². The molecule has 1 aliphatic heterocycles. The summed E-state index contributed by atoms with van der Waals surface area (Å²) in [6.07, 6.45) is 1.73. The predicted octanol–water partition coefficient (Wildman–Crippen LogP) is 5.87. The number of nitrogens with zero attached hydrogens (tertiary/aromatic N) is 1. The monoisotopic (exact) mass is 409 g/mol.